The molecule has 2 heterocycles. The van der Waals surface area contributed by atoms with E-state index in [1.54, 1.807) is 17.0 Å². The van der Waals surface area contributed by atoms with Crippen molar-refractivity contribution in [1.82, 2.24) is 10.6 Å². The van der Waals surface area contributed by atoms with Gasteiger partial charge in [-0.2, -0.15) is 0 Å². The number of nitrogens with one attached hydrogen (secondary N) is 2. The minimum absolute atomic E-state index is 0.0739. The topological polar surface area (TPSA) is 158 Å². The summed E-state index contributed by atoms with van der Waals surface area (Å²) in [5.41, 5.74) is 7.49. The van der Waals surface area contributed by atoms with Crippen LogP contribution in [0.2, 0.25) is 0 Å². The lowest BCUT2D eigenvalue weighted by atomic mass is 9.85. The highest BCUT2D eigenvalue weighted by atomic mass is 16.5. The van der Waals surface area contributed by atoms with Gasteiger partial charge in [0.05, 0.1) is 30.6 Å². The predicted molar refractivity (Wildman–Crippen MR) is 165 cm³/mol. The molecule has 0 aromatic heterocycles. The third-order valence-corrected chi connectivity index (χ3v) is 8.50. The van der Waals surface area contributed by atoms with Crippen LogP contribution in [0.1, 0.15) is 47.2 Å². The summed E-state index contributed by atoms with van der Waals surface area (Å²) in [5.74, 6) is -1.27. The SMILES string of the molecule is COC(=O)[C@]1(Cc2ccc(N3C(=O)CNC(=O)c4cc(CCCCCN)ccc43)c(-c3ccccc3)c2)NC1(C=O)CC=O. The summed E-state index contributed by atoms with van der Waals surface area (Å²) in [4.78, 5) is 64.7. The summed E-state index contributed by atoms with van der Waals surface area (Å²) in [6.45, 7) is 0.460. The lowest BCUT2D eigenvalue weighted by molar-refractivity contribution is -0.144. The Labute approximate surface area is 255 Å². The molecular formula is C34H36N4O6. The zero-order chi connectivity index (χ0) is 31.3. The molecule has 2 amide bonds. The largest absolute Gasteiger partial charge is 0.468 e. The Morgan fingerprint density at radius 1 is 0.955 bits per heavy atom. The summed E-state index contributed by atoms with van der Waals surface area (Å²) < 4.78 is 5.04. The standard InChI is InChI=1S/C34H36N4O6/c1-44-32(43)34(33(22-40,37-34)15-17-39)20-24-12-14-28(26(19-24)25-9-5-2-6-10-25)38-29-13-11-23(8-4-3-7-16-35)18-27(29)31(42)36-21-30(38)41/h2,5-6,9-14,17-19,22,37H,3-4,7-8,15-16,20-21,35H2,1H3,(H,36,42)/t33?,34-/m0/s1. The van der Waals surface area contributed by atoms with Crippen molar-refractivity contribution in [3.05, 3.63) is 83.4 Å². The van der Waals surface area contributed by atoms with Gasteiger partial charge in [-0.3, -0.25) is 19.8 Å². The van der Waals surface area contributed by atoms with Crippen molar-refractivity contribution >= 4 is 41.7 Å². The average molecular weight is 597 g/mol. The van der Waals surface area contributed by atoms with Crippen molar-refractivity contribution < 1.29 is 28.7 Å². The van der Waals surface area contributed by atoms with Gasteiger partial charge in [-0.05, 0) is 66.8 Å². The van der Waals surface area contributed by atoms with Crippen molar-refractivity contribution in [2.75, 3.05) is 25.1 Å². The third kappa shape index (κ3) is 5.66. The van der Waals surface area contributed by atoms with Crippen LogP contribution in [0.25, 0.3) is 11.1 Å². The molecule has 3 aromatic carbocycles. The highest BCUT2D eigenvalue weighted by molar-refractivity contribution is 6.14. The number of unbranched alkanes of at least 4 members (excludes halogenated alkanes) is 2. The molecule has 0 bridgehead atoms. The number of anilines is 2. The molecule has 1 unspecified atom stereocenters. The van der Waals surface area contributed by atoms with E-state index in [0.29, 0.717) is 47.2 Å². The number of nitrogens with two attached hydrogens (primary N) is 1. The summed E-state index contributed by atoms with van der Waals surface area (Å²) in [7, 11) is 1.24. The van der Waals surface area contributed by atoms with E-state index in [4.69, 9.17) is 10.5 Å². The number of esters is 1. The van der Waals surface area contributed by atoms with Gasteiger partial charge in [-0.15, -0.1) is 0 Å². The number of aryl methyl sites for hydroxylation is 1. The van der Waals surface area contributed by atoms with Gasteiger partial charge < -0.3 is 25.4 Å². The maximum absolute atomic E-state index is 13.6. The van der Waals surface area contributed by atoms with Crippen molar-refractivity contribution in [3.63, 3.8) is 0 Å². The number of ether oxygens (including phenoxy) is 1. The van der Waals surface area contributed by atoms with E-state index in [-0.39, 0.29) is 31.2 Å². The van der Waals surface area contributed by atoms with Gasteiger partial charge in [0.15, 0.2) is 0 Å². The monoisotopic (exact) mass is 596 g/mol. The highest BCUT2D eigenvalue weighted by Gasteiger charge is 2.72. The zero-order valence-electron chi connectivity index (χ0n) is 24.6. The van der Waals surface area contributed by atoms with E-state index in [1.807, 2.05) is 54.6 Å². The minimum Gasteiger partial charge on any atom is -0.468 e. The van der Waals surface area contributed by atoms with Crippen molar-refractivity contribution in [2.45, 2.75) is 49.6 Å². The van der Waals surface area contributed by atoms with Crippen LogP contribution in [0.4, 0.5) is 11.4 Å². The fraction of sp³-hybridized carbons (Fsp3) is 0.324. The van der Waals surface area contributed by atoms with Gasteiger partial charge in [-0.1, -0.05) is 48.9 Å². The molecule has 0 spiro atoms. The average Bonchev–Trinajstić information content (AvgIpc) is 3.72. The lowest BCUT2D eigenvalue weighted by Gasteiger charge is -2.26. The number of rotatable bonds is 13. The Hall–Kier alpha value is -4.67. The summed E-state index contributed by atoms with van der Waals surface area (Å²) >= 11 is 0. The van der Waals surface area contributed by atoms with Crippen molar-refractivity contribution in [1.29, 1.82) is 0 Å². The molecule has 228 valence electrons. The maximum atomic E-state index is 13.6. The molecule has 3 aromatic rings. The van der Waals surface area contributed by atoms with Crippen LogP contribution in [-0.4, -0.2) is 61.6 Å². The molecule has 44 heavy (non-hydrogen) atoms. The molecule has 2 aliphatic heterocycles. The maximum Gasteiger partial charge on any atom is 0.328 e. The van der Waals surface area contributed by atoms with E-state index < -0.39 is 17.0 Å². The number of methoxy groups -OCH3 is 1. The van der Waals surface area contributed by atoms with E-state index in [2.05, 4.69) is 10.6 Å². The normalized spacial score (nSPS) is 20.7. The number of hydrogen-bond acceptors (Lipinski definition) is 8. The smallest absolute Gasteiger partial charge is 0.328 e. The van der Waals surface area contributed by atoms with Gasteiger partial charge in [0.25, 0.3) is 11.8 Å². The van der Waals surface area contributed by atoms with E-state index in [0.717, 1.165) is 36.8 Å². The van der Waals surface area contributed by atoms with Crippen LogP contribution in [0.5, 0.6) is 0 Å². The Balaban J connectivity index is 1.58. The number of fused-ring (bicyclic) bond motifs is 1. The third-order valence-electron chi connectivity index (χ3n) is 8.50. The number of aldehydes is 2. The molecule has 0 aliphatic carbocycles. The van der Waals surface area contributed by atoms with Crippen LogP contribution in [0.3, 0.4) is 0 Å². The minimum atomic E-state index is -1.40. The Morgan fingerprint density at radius 3 is 2.34 bits per heavy atom. The van der Waals surface area contributed by atoms with Gasteiger partial charge >= 0.3 is 5.97 Å². The molecule has 10 nitrogen and oxygen atoms in total. The first-order valence-electron chi connectivity index (χ1n) is 14.7. The Kier molecular flexibility index (Phi) is 9.03. The number of carbonyl (C=O) groups excluding carboxylic acids is 5. The number of hydrogen-bond donors (Lipinski definition) is 3. The van der Waals surface area contributed by atoms with Gasteiger partial charge in [0.1, 0.15) is 23.7 Å². The zero-order valence-corrected chi connectivity index (χ0v) is 24.6. The Morgan fingerprint density at radius 2 is 1.66 bits per heavy atom. The molecule has 4 N–H and O–H groups in total. The molecule has 5 rings (SSSR count). The fourth-order valence-electron chi connectivity index (χ4n) is 6.10. The van der Waals surface area contributed by atoms with Crippen molar-refractivity contribution in [2.24, 2.45) is 5.73 Å². The predicted octanol–water partition coefficient (Wildman–Crippen LogP) is 3.02. The van der Waals surface area contributed by atoms with Gasteiger partial charge in [-0.25, -0.2) is 4.79 Å². The van der Waals surface area contributed by atoms with Crippen LogP contribution in [0, 0.1) is 0 Å². The van der Waals surface area contributed by atoms with E-state index in [1.165, 1.54) is 7.11 Å². The lowest BCUT2D eigenvalue weighted by Crippen LogP contribution is -2.39. The molecule has 1 fully saturated rings. The molecule has 2 atom stereocenters. The van der Waals surface area contributed by atoms with Crippen LogP contribution in [-0.2, 0) is 36.8 Å². The van der Waals surface area contributed by atoms with E-state index >= 15 is 0 Å². The first-order valence-corrected chi connectivity index (χ1v) is 14.7. The Bertz CT molecular complexity index is 1590. The fourth-order valence-corrected chi connectivity index (χ4v) is 6.10. The van der Waals surface area contributed by atoms with Crippen LogP contribution in [0.15, 0.2) is 66.7 Å². The highest BCUT2D eigenvalue weighted by Crippen LogP contribution is 2.45. The summed E-state index contributed by atoms with van der Waals surface area (Å²) in [5, 5.41) is 5.69. The van der Waals surface area contributed by atoms with Crippen molar-refractivity contribution in [3.8, 4) is 11.1 Å². The number of carbonyl (C=O) groups is 5. The van der Waals surface area contributed by atoms with Crippen LogP contribution >= 0.6 is 0 Å². The molecular weight excluding hydrogens is 560 g/mol. The number of benzene rings is 3. The summed E-state index contributed by atoms with van der Waals surface area (Å²) in [6.07, 6.45) is 4.76. The molecule has 0 radical (unpaired) electrons. The van der Waals surface area contributed by atoms with Crippen LogP contribution < -0.4 is 21.3 Å². The molecule has 0 saturated carbocycles. The second kappa shape index (κ2) is 12.9. The quantitative estimate of drug-likeness (QED) is 0.118. The molecule has 2 aliphatic rings. The number of nitrogens with zero attached hydrogens (tertiary/aromatic N) is 1. The summed E-state index contributed by atoms with van der Waals surface area (Å²) in [6, 6.07) is 20.5. The van der Waals surface area contributed by atoms with Gasteiger partial charge in [0, 0.05) is 18.4 Å². The van der Waals surface area contributed by atoms with Gasteiger partial charge in [0.2, 0.25) is 0 Å². The molecule has 1 saturated heterocycles. The first kappa shape index (κ1) is 30.8. The second-order valence-corrected chi connectivity index (χ2v) is 11.2. The number of amides is 2. The van der Waals surface area contributed by atoms with E-state index in [9.17, 15) is 24.0 Å². The second-order valence-electron chi connectivity index (χ2n) is 11.2. The molecule has 10 heteroatoms. The first-order chi connectivity index (χ1) is 21.3.